The number of benzene rings is 2. The summed E-state index contributed by atoms with van der Waals surface area (Å²) in [5.41, 5.74) is 0.998. The van der Waals surface area contributed by atoms with Crippen molar-refractivity contribution in [2.45, 2.75) is 5.16 Å². The van der Waals surface area contributed by atoms with Gasteiger partial charge in [-0.3, -0.25) is 18.6 Å². The number of rotatable bonds is 7. The Balaban J connectivity index is 1.54. The van der Waals surface area contributed by atoms with Gasteiger partial charge in [0.05, 0.1) is 31.3 Å². The van der Waals surface area contributed by atoms with Gasteiger partial charge in [0, 0.05) is 12.4 Å². The first-order valence-corrected chi connectivity index (χ1v) is 10.3. The molecule has 0 aliphatic heterocycles. The number of carbonyl (C=O) groups excluding carboxylic acids is 1. The third kappa shape index (κ3) is 4.10. The van der Waals surface area contributed by atoms with Crippen molar-refractivity contribution in [3.63, 3.8) is 0 Å². The summed E-state index contributed by atoms with van der Waals surface area (Å²) >= 11 is 1.18. The molecule has 0 saturated carbocycles. The summed E-state index contributed by atoms with van der Waals surface area (Å²) < 4.78 is 13.6. The highest BCUT2D eigenvalue weighted by Gasteiger charge is 2.15. The first-order valence-electron chi connectivity index (χ1n) is 9.28. The van der Waals surface area contributed by atoms with Crippen LogP contribution in [0, 0.1) is 0 Å². The van der Waals surface area contributed by atoms with E-state index >= 15 is 0 Å². The van der Waals surface area contributed by atoms with Crippen LogP contribution in [0.3, 0.4) is 0 Å². The van der Waals surface area contributed by atoms with Gasteiger partial charge in [-0.2, -0.15) is 0 Å². The Morgan fingerprint density at radius 3 is 2.48 bits per heavy atom. The molecule has 0 atom stereocenters. The van der Waals surface area contributed by atoms with Crippen molar-refractivity contribution in [2.75, 3.05) is 25.3 Å². The molecule has 10 heteroatoms. The number of para-hydroxylation sites is 4. The number of anilines is 1. The van der Waals surface area contributed by atoms with Gasteiger partial charge in [0.25, 0.3) is 0 Å². The van der Waals surface area contributed by atoms with Gasteiger partial charge in [-0.15, -0.1) is 10.2 Å². The summed E-state index contributed by atoms with van der Waals surface area (Å²) in [5, 5.41) is 11.3. The number of fused-ring (bicyclic) bond motifs is 1. The Bertz CT molecular complexity index is 1300. The maximum atomic E-state index is 12.9. The molecule has 0 unspecified atom stereocenters. The molecule has 158 valence electrons. The average molecular weight is 437 g/mol. The van der Waals surface area contributed by atoms with Crippen molar-refractivity contribution in [1.29, 1.82) is 0 Å². The number of thioether (sulfide) groups is 1. The van der Waals surface area contributed by atoms with Crippen LogP contribution >= 0.6 is 11.8 Å². The molecule has 31 heavy (non-hydrogen) atoms. The second-order valence-electron chi connectivity index (χ2n) is 6.36. The number of methoxy groups -OCH3 is 2. The van der Waals surface area contributed by atoms with Crippen molar-refractivity contribution in [1.82, 2.24) is 19.2 Å². The van der Waals surface area contributed by atoms with E-state index < -0.39 is 0 Å². The van der Waals surface area contributed by atoms with Crippen LogP contribution in [0.1, 0.15) is 0 Å². The molecule has 0 bridgehead atoms. The highest BCUT2D eigenvalue weighted by atomic mass is 32.2. The summed E-state index contributed by atoms with van der Waals surface area (Å²) in [4.78, 5) is 25.3. The lowest BCUT2D eigenvalue weighted by molar-refractivity contribution is -0.113. The zero-order valence-corrected chi connectivity index (χ0v) is 17.6. The highest BCUT2D eigenvalue weighted by Crippen LogP contribution is 2.24. The van der Waals surface area contributed by atoms with E-state index in [0.29, 0.717) is 28.0 Å². The maximum Gasteiger partial charge on any atom is 0.300 e. The molecule has 4 rings (SSSR count). The van der Waals surface area contributed by atoms with Gasteiger partial charge in [-0.25, -0.2) is 0 Å². The third-order valence-corrected chi connectivity index (χ3v) is 5.44. The molecule has 0 fully saturated rings. The number of ether oxygens (including phenoxy) is 2. The molecule has 0 radical (unpaired) electrons. The molecule has 0 saturated heterocycles. The number of nitrogens with one attached hydrogen (secondary N) is 1. The van der Waals surface area contributed by atoms with Crippen LogP contribution < -0.4 is 20.3 Å². The van der Waals surface area contributed by atoms with E-state index in [4.69, 9.17) is 9.47 Å². The summed E-state index contributed by atoms with van der Waals surface area (Å²) in [6.07, 6.45) is 3.30. The van der Waals surface area contributed by atoms with Crippen molar-refractivity contribution in [2.24, 2.45) is 0 Å². The SMILES string of the molecule is COc1ccccc1NC(=O)CSc1nnc2c(=O)n(-c3ccccc3OC)ccn12. The minimum atomic E-state index is -0.343. The Morgan fingerprint density at radius 2 is 1.71 bits per heavy atom. The number of amides is 1. The molecule has 0 aliphatic carbocycles. The summed E-state index contributed by atoms with van der Waals surface area (Å²) in [6.45, 7) is 0. The van der Waals surface area contributed by atoms with Crippen molar-refractivity contribution in [3.8, 4) is 17.2 Å². The minimum absolute atomic E-state index is 0.0917. The molecule has 9 nitrogen and oxygen atoms in total. The predicted molar refractivity (Wildman–Crippen MR) is 117 cm³/mol. The lowest BCUT2D eigenvalue weighted by atomic mass is 10.3. The molecule has 0 spiro atoms. The Hall–Kier alpha value is -3.79. The topological polar surface area (TPSA) is 99.8 Å². The van der Waals surface area contributed by atoms with E-state index in [1.807, 2.05) is 24.3 Å². The minimum Gasteiger partial charge on any atom is -0.495 e. The van der Waals surface area contributed by atoms with E-state index in [2.05, 4.69) is 15.5 Å². The van der Waals surface area contributed by atoms with Gasteiger partial charge in [0.15, 0.2) is 5.16 Å². The lowest BCUT2D eigenvalue weighted by Crippen LogP contribution is -2.20. The molecular formula is C21H19N5O4S. The van der Waals surface area contributed by atoms with Crippen LogP contribution in [0.15, 0.2) is 70.9 Å². The zero-order chi connectivity index (χ0) is 21.8. The Morgan fingerprint density at radius 1 is 1.00 bits per heavy atom. The normalized spacial score (nSPS) is 10.8. The molecule has 1 N–H and O–H groups in total. The fourth-order valence-corrected chi connectivity index (χ4v) is 3.76. The van der Waals surface area contributed by atoms with Crippen molar-refractivity contribution >= 4 is 29.0 Å². The smallest absolute Gasteiger partial charge is 0.300 e. The van der Waals surface area contributed by atoms with Crippen molar-refractivity contribution < 1.29 is 14.3 Å². The van der Waals surface area contributed by atoms with Gasteiger partial charge < -0.3 is 14.8 Å². The molecule has 0 aliphatic rings. The van der Waals surface area contributed by atoms with Crippen LogP contribution in [0.25, 0.3) is 11.3 Å². The lowest BCUT2D eigenvalue weighted by Gasteiger charge is -2.11. The Kier molecular flexibility index (Phi) is 5.89. The molecular weight excluding hydrogens is 418 g/mol. The van der Waals surface area contributed by atoms with E-state index in [-0.39, 0.29) is 22.9 Å². The van der Waals surface area contributed by atoms with Crippen molar-refractivity contribution in [3.05, 3.63) is 71.3 Å². The highest BCUT2D eigenvalue weighted by molar-refractivity contribution is 7.99. The molecule has 2 heterocycles. The summed E-state index contributed by atoms with van der Waals surface area (Å²) in [7, 11) is 3.09. The third-order valence-electron chi connectivity index (χ3n) is 4.50. The Labute approximate surface area is 181 Å². The number of aromatic nitrogens is 4. The zero-order valence-electron chi connectivity index (χ0n) is 16.8. The van der Waals surface area contributed by atoms with Gasteiger partial charge in [-0.05, 0) is 24.3 Å². The molecule has 2 aromatic heterocycles. The van der Waals surface area contributed by atoms with Gasteiger partial charge in [-0.1, -0.05) is 36.0 Å². The predicted octanol–water partition coefficient (Wildman–Crippen LogP) is 2.63. The molecule has 4 aromatic rings. The van der Waals surface area contributed by atoms with E-state index in [9.17, 15) is 9.59 Å². The van der Waals surface area contributed by atoms with Gasteiger partial charge in [0.2, 0.25) is 11.6 Å². The van der Waals surface area contributed by atoms with E-state index in [0.717, 1.165) is 0 Å². The molecule has 2 aromatic carbocycles. The quantitative estimate of drug-likeness (QED) is 0.444. The number of nitrogens with zero attached hydrogens (tertiary/aromatic N) is 4. The first-order chi connectivity index (χ1) is 15.1. The van der Waals surface area contributed by atoms with Crippen LogP contribution in [-0.4, -0.2) is 45.0 Å². The summed E-state index contributed by atoms with van der Waals surface area (Å²) in [5.74, 6) is 1.00. The number of hydrogen-bond donors (Lipinski definition) is 1. The number of carbonyl (C=O) groups is 1. The second-order valence-corrected chi connectivity index (χ2v) is 7.30. The monoisotopic (exact) mass is 437 g/mol. The number of hydrogen-bond acceptors (Lipinski definition) is 7. The van der Waals surface area contributed by atoms with E-state index in [1.54, 1.807) is 55.3 Å². The van der Waals surface area contributed by atoms with Crippen LogP contribution in [0.5, 0.6) is 11.5 Å². The second kappa shape index (κ2) is 8.92. The maximum absolute atomic E-state index is 12.9. The fraction of sp³-hybridized carbons (Fsp3) is 0.143. The van der Waals surface area contributed by atoms with Crippen LogP contribution in [0.4, 0.5) is 5.69 Å². The van der Waals surface area contributed by atoms with Gasteiger partial charge >= 0.3 is 5.56 Å². The van der Waals surface area contributed by atoms with Gasteiger partial charge in [0.1, 0.15) is 11.5 Å². The first kappa shape index (κ1) is 20.5. The summed E-state index contributed by atoms with van der Waals surface area (Å²) in [6, 6.07) is 14.4. The fourth-order valence-electron chi connectivity index (χ4n) is 3.05. The van der Waals surface area contributed by atoms with Crippen LogP contribution in [-0.2, 0) is 4.79 Å². The molecule has 1 amide bonds. The standard InChI is InChI=1S/C21H19N5O4S/c1-29-16-9-5-3-7-14(16)22-18(27)13-31-21-24-23-19-20(28)25(11-12-26(19)21)15-8-4-6-10-17(15)30-2/h3-12H,13H2,1-2H3,(H,22,27). The average Bonchev–Trinajstić information content (AvgIpc) is 3.22. The van der Waals surface area contributed by atoms with Crippen LogP contribution in [0.2, 0.25) is 0 Å². The van der Waals surface area contributed by atoms with E-state index in [1.165, 1.54) is 16.3 Å². The largest absolute Gasteiger partial charge is 0.495 e.